The molecule has 0 radical (unpaired) electrons. The number of hydrogen-bond donors (Lipinski definition) is 0. The molecule has 0 saturated heterocycles. The van der Waals surface area contributed by atoms with Gasteiger partial charge in [0.1, 0.15) is 0 Å². The minimum atomic E-state index is -1.75. The number of carbonyl (C=O) groups is 2. The number of carbonyl (C=O) groups excluding carboxylic acids is 2. The molecule has 1 rings (SSSR count). The maximum atomic E-state index is 13.6. The van der Waals surface area contributed by atoms with Gasteiger partial charge in [-0.2, -0.15) is 4.39 Å². The minimum Gasteiger partial charge on any atom is -0.465 e. The molecule has 7 heteroatoms. The number of rotatable bonds is 10. The van der Waals surface area contributed by atoms with Crippen molar-refractivity contribution in [2.45, 2.75) is 59.3 Å². The minimum absolute atomic E-state index is 0.168. The summed E-state index contributed by atoms with van der Waals surface area (Å²) in [6.45, 7) is 4.81. The standard InChI is InChI=1S/C19H25F3O4/c1-4-5-6-7-8-9-12-25-17(23)19(2,3)18(24)26-14-11-10-13(20)15(21)16(14)22/h10-11H,4-9,12H2,1-3H3. The molecule has 0 aliphatic carbocycles. The third kappa shape index (κ3) is 6.04. The van der Waals surface area contributed by atoms with E-state index in [-0.39, 0.29) is 6.61 Å². The van der Waals surface area contributed by atoms with Gasteiger partial charge >= 0.3 is 11.9 Å². The molecule has 0 spiro atoms. The Morgan fingerprint density at radius 3 is 2.19 bits per heavy atom. The summed E-state index contributed by atoms with van der Waals surface area (Å²) >= 11 is 0. The highest BCUT2D eigenvalue weighted by Crippen LogP contribution is 2.26. The van der Waals surface area contributed by atoms with E-state index in [1.165, 1.54) is 20.3 Å². The molecule has 0 bridgehead atoms. The maximum absolute atomic E-state index is 13.6. The molecule has 0 aromatic heterocycles. The molecule has 1 aromatic carbocycles. The van der Waals surface area contributed by atoms with E-state index in [0.29, 0.717) is 12.5 Å². The summed E-state index contributed by atoms with van der Waals surface area (Å²) in [5.74, 6) is -7.51. The zero-order chi connectivity index (χ0) is 19.7. The van der Waals surface area contributed by atoms with E-state index in [9.17, 15) is 22.8 Å². The number of halogens is 3. The highest BCUT2D eigenvalue weighted by Gasteiger charge is 2.40. The Labute approximate surface area is 151 Å². The molecule has 0 amide bonds. The van der Waals surface area contributed by atoms with Crippen LogP contribution in [-0.4, -0.2) is 18.5 Å². The topological polar surface area (TPSA) is 52.6 Å². The molecule has 4 nitrogen and oxygen atoms in total. The molecule has 146 valence electrons. The Hall–Kier alpha value is -2.05. The van der Waals surface area contributed by atoms with Crippen molar-refractivity contribution in [1.29, 1.82) is 0 Å². The summed E-state index contributed by atoms with van der Waals surface area (Å²) < 4.78 is 49.5. The summed E-state index contributed by atoms with van der Waals surface area (Å²) in [4.78, 5) is 24.2. The van der Waals surface area contributed by atoms with Crippen LogP contribution in [0.15, 0.2) is 12.1 Å². The van der Waals surface area contributed by atoms with Gasteiger partial charge in [-0.1, -0.05) is 39.0 Å². The molecule has 0 unspecified atom stereocenters. The Morgan fingerprint density at radius 1 is 0.923 bits per heavy atom. The van der Waals surface area contributed by atoms with Crippen LogP contribution in [0.25, 0.3) is 0 Å². The Bertz CT molecular complexity index is 629. The van der Waals surface area contributed by atoms with Gasteiger partial charge in [0.2, 0.25) is 5.82 Å². The second-order valence-corrected chi connectivity index (χ2v) is 6.59. The number of ether oxygens (including phenoxy) is 2. The zero-order valence-corrected chi connectivity index (χ0v) is 15.4. The second-order valence-electron chi connectivity index (χ2n) is 6.59. The summed E-state index contributed by atoms with van der Waals surface area (Å²) in [6.07, 6.45) is 6.08. The fourth-order valence-electron chi connectivity index (χ4n) is 2.13. The zero-order valence-electron chi connectivity index (χ0n) is 15.4. The predicted molar refractivity (Wildman–Crippen MR) is 90.1 cm³/mol. The first-order valence-corrected chi connectivity index (χ1v) is 8.74. The fourth-order valence-corrected chi connectivity index (χ4v) is 2.13. The van der Waals surface area contributed by atoms with Gasteiger partial charge in [0.25, 0.3) is 0 Å². The van der Waals surface area contributed by atoms with Crippen LogP contribution >= 0.6 is 0 Å². The highest BCUT2D eigenvalue weighted by atomic mass is 19.2. The first-order valence-electron chi connectivity index (χ1n) is 8.74. The molecule has 26 heavy (non-hydrogen) atoms. The first-order chi connectivity index (χ1) is 12.2. The molecule has 0 fully saturated rings. The van der Waals surface area contributed by atoms with Crippen molar-refractivity contribution in [3.8, 4) is 5.75 Å². The van der Waals surface area contributed by atoms with Crippen molar-refractivity contribution in [2.24, 2.45) is 5.41 Å². The van der Waals surface area contributed by atoms with E-state index in [1.807, 2.05) is 0 Å². The molecule has 1 aromatic rings. The van der Waals surface area contributed by atoms with E-state index >= 15 is 0 Å². The van der Waals surface area contributed by atoms with Gasteiger partial charge in [0.15, 0.2) is 22.8 Å². The summed E-state index contributed by atoms with van der Waals surface area (Å²) in [7, 11) is 0. The van der Waals surface area contributed by atoms with Crippen molar-refractivity contribution in [3.63, 3.8) is 0 Å². The van der Waals surface area contributed by atoms with Crippen molar-refractivity contribution < 1.29 is 32.2 Å². The average Bonchev–Trinajstić information content (AvgIpc) is 2.61. The van der Waals surface area contributed by atoms with Crippen LogP contribution in [0.4, 0.5) is 13.2 Å². The molecule has 0 atom stereocenters. The molecule has 0 saturated carbocycles. The lowest BCUT2D eigenvalue weighted by molar-refractivity contribution is -0.164. The first kappa shape index (κ1) is 22.0. The third-order valence-electron chi connectivity index (χ3n) is 3.95. The van der Waals surface area contributed by atoms with Crippen molar-refractivity contribution >= 4 is 11.9 Å². The smallest absolute Gasteiger partial charge is 0.328 e. The normalized spacial score (nSPS) is 11.3. The second kappa shape index (κ2) is 10.2. The van der Waals surface area contributed by atoms with E-state index in [1.54, 1.807) is 0 Å². The van der Waals surface area contributed by atoms with E-state index in [2.05, 4.69) is 6.92 Å². The van der Waals surface area contributed by atoms with Gasteiger partial charge in [0.05, 0.1) is 6.61 Å². The van der Waals surface area contributed by atoms with Crippen LogP contribution in [-0.2, 0) is 14.3 Å². The summed E-state index contributed by atoms with van der Waals surface area (Å²) in [5.41, 5.74) is -1.71. The SMILES string of the molecule is CCCCCCCCOC(=O)C(C)(C)C(=O)Oc1ccc(F)c(F)c1F. The van der Waals surface area contributed by atoms with Crippen LogP contribution in [0, 0.1) is 22.9 Å². The Balaban J connectivity index is 2.53. The molecular weight excluding hydrogens is 349 g/mol. The van der Waals surface area contributed by atoms with E-state index in [4.69, 9.17) is 9.47 Å². The van der Waals surface area contributed by atoms with Gasteiger partial charge in [-0.3, -0.25) is 9.59 Å². The number of benzene rings is 1. The van der Waals surface area contributed by atoms with Crippen LogP contribution in [0.1, 0.15) is 59.3 Å². The van der Waals surface area contributed by atoms with E-state index < -0.39 is 40.6 Å². The Morgan fingerprint density at radius 2 is 1.54 bits per heavy atom. The molecule has 0 aliphatic heterocycles. The van der Waals surface area contributed by atoms with E-state index in [0.717, 1.165) is 31.7 Å². The van der Waals surface area contributed by atoms with Gasteiger partial charge in [-0.15, -0.1) is 0 Å². The summed E-state index contributed by atoms with van der Waals surface area (Å²) in [5, 5.41) is 0. The molecule has 0 N–H and O–H groups in total. The fraction of sp³-hybridized carbons (Fsp3) is 0.579. The molecule has 0 aliphatic rings. The van der Waals surface area contributed by atoms with Crippen molar-refractivity contribution in [1.82, 2.24) is 0 Å². The van der Waals surface area contributed by atoms with Crippen LogP contribution in [0.3, 0.4) is 0 Å². The van der Waals surface area contributed by atoms with Gasteiger partial charge in [-0.25, -0.2) is 8.78 Å². The Kier molecular flexibility index (Phi) is 8.61. The monoisotopic (exact) mass is 374 g/mol. The number of unbranched alkanes of at least 4 members (excludes halogenated alkanes) is 5. The van der Waals surface area contributed by atoms with Gasteiger partial charge < -0.3 is 9.47 Å². The predicted octanol–water partition coefficient (Wildman–Crippen LogP) is 4.94. The molecular formula is C19H25F3O4. The number of hydrogen-bond acceptors (Lipinski definition) is 4. The summed E-state index contributed by atoms with van der Waals surface area (Å²) in [6, 6.07) is 1.41. The third-order valence-corrected chi connectivity index (χ3v) is 3.95. The lowest BCUT2D eigenvalue weighted by Crippen LogP contribution is -2.38. The molecule has 0 heterocycles. The quantitative estimate of drug-likeness (QED) is 0.191. The number of esters is 2. The van der Waals surface area contributed by atoms with Gasteiger partial charge in [0, 0.05) is 0 Å². The highest BCUT2D eigenvalue weighted by molar-refractivity contribution is 5.99. The van der Waals surface area contributed by atoms with Crippen LogP contribution in [0.2, 0.25) is 0 Å². The lowest BCUT2D eigenvalue weighted by Gasteiger charge is -2.20. The maximum Gasteiger partial charge on any atom is 0.328 e. The average molecular weight is 374 g/mol. The van der Waals surface area contributed by atoms with Crippen molar-refractivity contribution in [3.05, 3.63) is 29.6 Å². The van der Waals surface area contributed by atoms with Crippen LogP contribution in [0.5, 0.6) is 5.75 Å². The lowest BCUT2D eigenvalue weighted by atomic mass is 9.94. The van der Waals surface area contributed by atoms with Crippen LogP contribution < -0.4 is 4.74 Å². The van der Waals surface area contributed by atoms with Gasteiger partial charge in [-0.05, 0) is 32.4 Å². The largest absolute Gasteiger partial charge is 0.465 e. The van der Waals surface area contributed by atoms with Crippen molar-refractivity contribution in [2.75, 3.05) is 6.61 Å².